The summed E-state index contributed by atoms with van der Waals surface area (Å²) in [5, 5.41) is 1.20. The van der Waals surface area contributed by atoms with Crippen molar-refractivity contribution in [2.75, 3.05) is 12.8 Å². The number of anilines is 1. The largest absolute Gasteiger partial charge is 0.496 e. The van der Waals surface area contributed by atoms with Crippen molar-refractivity contribution in [2.24, 2.45) is 0 Å². The molecule has 1 heterocycles. The van der Waals surface area contributed by atoms with E-state index in [0.717, 1.165) is 21.5 Å². The number of hydrogen-bond acceptors (Lipinski definition) is 4. The number of fused-ring (bicyclic) bond motifs is 1. The van der Waals surface area contributed by atoms with Gasteiger partial charge in [-0.05, 0) is 6.92 Å². The van der Waals surface area contributed by atoms with Crippen LogP contribution in [0, 0.1) is 6.92 Å². The lowest BCUT2D eigenvalue weighted by Gasteiger charge is -2.05. The Morgan fingerprint density at radius 1 is 1.44 bits per heavy atom. The number of nitrogens with two attached hydrogens (primary N) is 1. The summed E-state index contributed by atoms with van der Waals surface area (Å²) in [5.74, 6) is 0.743. The summed E-state index contributed by atoms with van der Waals surface area (Å²) >= 11 is 7.55. The van der Waals surface area contributed by atoms with Crippen LogP contribution in [0.15, 0.2) is 6.07 Å². The molecular weight excluding hydrogens is 244 g/mol. The third-order valence-electron chi connectivity index (χ3n) is 2.06. The number of ether oxygens (including phenoxy) is 1. The second kappa shape index (κ2) is 5.37. The molecule has 16 heavy (non-hydrogen) atoms. The molecule has 0 aliphatic carbocycles. The van der Waals surface area contributed by atoms with Gasteiger partial charge in [-0.15, -0.1) is 0 Å². The van der Waals surface area contributed by atoms with E-state index in [1.165, 1.54) is 11.3 Å². The second-order valence-electron chi connectivity index (χ2n) is 2.92. The monoisotopic (exact) mass is 258 g/mol. The summed E-state index contributed by atoms with van der Waals surface area (Å²) in [5.41, 5.74) is 7.32. The normalized spacial score (nSPS) is 9.81. The van der Waals surface area contributed by atoms with Gasteiger partial charge in [0.25, 0.3) is 0 Å². The average molecular weight is 259 g/mol. The predicted octanol–water partition coefficient (Wildman–Crippen LogP) is 3.88. The molecule has 0 radical (unpaired) electrons. The molecule has 5 heteroatoms. The summed E-state index contributed by atoms with van der Waals surface area (Å²) < 4.78 is 6.10. The van der Waals surface area contributed by atoms with E-state index in [0.29, 0.717) is 10.2 Å². The van der Waals surface area contributed by atoms with Crippen molar-refractivity contribution in [3.8, 4) is 5.75 Å². The first-order chi connectivity index (χ1) is 7.63. The van der Waals surface area contributed by atoms with Crippen LogP contribution in [0.2, 0.25) is 5.02 Å². The third kappa shape index (κ3) is 2.23. The number of halogens is 1. The number of methoxy groups -OCH3 is 1. The van der Waals surface area contributed by atoms with Gasteiger partial charge in [-0.3, -0.25) is 0 Å². The highest BCUT2D eigenvalue weighted by Gasteiger charge is 2.12. The Labute approximate surface area is 104 Å². The molecular formula is C11H15ClN2OS. The lowest BCUT2D eigenvalue weighted by Crippen LogP contribution is -1.88. The third-order valence-corrected chi connectivity index (χ3v) is 3.56. The van der Waals surface area contributed by atoms with Gasteiger partial charge in [0.2, 0.25) is 0 Å². The van der Waals surface area contributed by atoms with Crippen LogP contribution < -0.4 is 10.5 Å². The molecule has 0 saturated heterocycles. The number of benzene rings is 1. The highest BCUT2D eigenvalue weighted by atomic mass is 35.5. The number of nitrogens with zero attached hydrogens (tertiary/aromatic N) is 1. The number of rotatable bonds is 1. The predicted molar refractivity (Wildman–Crippen MR) is 71.7 cm³/mol. The van der Waals surface area contributed by atoms with Crippen LogP contribution in [0.3, 0.4) is 0 Å². The van der Waals surface area contributed by atoms with E-state index < -0.39 is 0 Å². The number of hydrogen-bond donors (Lipinski definition) is 1. The molecule has 0 unspecified atom stereocenters. The fourth-order valence-electron chi connectivity index (χ4n) is 1.33. The van der Waals surface area contributed by atoms with Gasteiger partial charge in [0.1, 0.15) is 5.75 Å². The molecule has 88 valence electrons. The number of aromatic nitrogens is 1. The standard InChI is InChI=1S/C9H9ClN2OS.C2H6/c1-4-6(13-2)3-5-8(7(4)10)14-9(11)12-5;1-2/h3H,1-2H3,(H2,11,12);1-2H3. The van der Waals surface area contributed by atoms with Gasteiger partial charge in [0, 0.05) is 11.6 Å². The zero-order valence-electron chi connectivity index (χ0n) is 9.80. The van der Waals surface area contributed by atoms with Crippen LogP contribution in [0.1, 0.15) is 19.4 Å². The Kier molecular flexibility index (Phi) is 4.38. The lowest BCUT2D eigenvalue weighted by atomic mass is 10.2. The van der Waals surface area contributed by atoms with Crippen molar-refractivity contribution in [1.82, 2.24) is 4.98 Å². The molecule has 0 bridgehead atoms. The summed E-state index contributed by atoms with van der Waals surface area (Å²) in [6.07, 6.45) is 0. The molecule has 1 aromatic carbocycles. The Morgan fingerprint density at radius 3 is 2.62 bits per heavy atom. The zero-order chi connectivity index (χ0) is 12.3. The topological polar surface area (TPSA) is 48.1 Å². The first-order valence-corrected chi connectivity index (χ1v) is 6.22. The van der Waals surface area contributed by atoms with Crippen LogP contribution in [0.4, 0.5) is 5.13 Å². The van der Waals surface area contributed by atoms with E-state index in [-0.39, 0.29) is 0 Å². The van der Waals surface area contributed by atoms with Crippen molar-refractivity contribution >= 4 is 38.3 Å². The zero-order valence-corrected chi connectivity index (χ0v) is 11.4. The fourth-order valence-corrected chi connectivity index (χ4v) is 2.44. The van der Waals surface area contributed by atoms with Crippen molar-refractivity contribution in [3.05, 3.63) is 16.7 Å². The van der Waals surface area contributed by atoms with E-state index in [2.05, 4.69) is 4.98 Å². The van der Waals surface area contributed by atoms with Gasteiger partial charge in [0.05, 0.1) is 22.3 Å². The van der Waals surface area contributed by atoms with Crippen molar-refractivity contribution in [1.29, 1.82) is 0 Å². The van der Waals surface area contributed by atoms with Crippen LogP contribution >= 0.6 is 22.9 Å². The Balaban J connectivity index is 0.000000606. The Hall–Kier alpha value is -1.00. The maximum Gasteiger partial charge on any atom is 0.181 e. The number of thiazole rings is 1. The van der Waals surface area contributed by atoms with E-state index in [9.17, 15) is 0 Å². The fraction of sp³-hybridized carbons (Fsp3) is 0.364. The molecule has 2 rings (SSSR count). The lowest BCUT2D eigenvalue weighted by molar-refractivity contribution is 0.412. The molecule has 0 aliphatic heterocycles. The number of nitrogen functional groups attached to an aromatic ring is 1. The summed E-state index contributed by atoms with van der Waals surface area (Å²) in [7, 11) is 1.61. The van der Waals surface area contributed by atoms with Crippen molar-refractivity contribution < 1.29 is 4.74 Å². The van der Waals surface area contributed by atoms with E-state index in [1.807, 2.05) is 26.8 Å². The first kappa shape index (κ1) is 13.1. The smallest absolute Gasteiger partial charge is 0.181 e. The maximum absolute atomic E-state index is 6.16. The molecule has 0 amide bonds. The quantitative estimate of drug-likeness (QED) is 0.845. The first-order valence-electron chi connectivity index (χ1n) is 5.02. The molecule has 0 saturated carbocycles. The average Bonchev–Trinajstić information content (AvgIpc) is 2.67. The SMILES string of the molecule is CC.COc1cc2nc(N)sc2c(Cl)c1C. The molecule has 0 fully saturated rings. The van der Waals surface area contributed by atoms with Crippen LogP contribution in [0.5, 0.6) is 5.75 Å². The minimum absolute atomic E-state index is 0.523. The van der Waals surface area contributed by atoms with Crippen LogP contribution in [-0.4, -0.2) is 12.1 Å². The molecule has 2 N–H and O–H groups in total. The minimum atomic E-state index is 0.523. The van der Waals surface area contributed by atoms with Gasteiger partial charge in [-0.2, -0.15) is 0 Å². The highest BCUT2D eigenvalue weighted by Crippen LogP contribution is 2.37. The van der Waals surface area contributed by atoms with Gasteiger partial charge in [0.15, 0.2) is 5.13 Å². The summed E-state index contributed by atoms with van der Waals surface area (Å²) in [6, 6.07) is 1.85. The molecule has 0 spiro atoms. The summed E-state index contributed by atoms with van der Waals surface area (Å²) in [6.45, 7) is 5.91. The van der Waals surface area contributed by atoms with Gasteiger partial charge in [-0.1, -0.05) is 36.8 Å². The maximum atomic E-state index is 6.16. The molecule has 1 aromatic heterocycles. The second-order valence-corrected chi connectivity index (χ2v) is 4.33. The van der Waals surface area contributed by atoms with Crippen molar-refractivity contribution in [2.45, 2.75) is 20.8 Å². The minimum Gasteiger partial charge on any atom is -0.496 e. The van der Waals surface area contributed by atoms with E-state index >= 15 is 0 Å². The highest BCUT2D eigenvalue weighted by molar-refractivity contribution is 7.22. The van der Waals surface area contributed by atoms with Gasteiger partial charge >= 0.3 is 0 Å². The van der Waals surface area contributed by atoms with Crippen molar-refractivity contribution in [3.63, 3.8) is 0 Å². The van der Waals surface area contributed by atoms with Crippen LogP contribution in [0.25, 0.3) is 10.2 Å². The molecule has 0 atom stereocenters. The molecule has 0 aliphatic rings. The van der Waals surface area contributed by atoms with Gasteiger partial charge < -0.3 is 10.5 Å². The van der Waals surface area contributed by atoms with Gasteiger partial charge in [-0.25, -0.2) is 4.98 Å². The Morgan fingerprint density at radius 2 is 2.06 bits per heavy atom. The summed E-state index contributed by atoms with van der Waals surface area (Å²) in [4.78, 5) is 4.16. The Bertz CT molecular complexity index is 496. The van der Waals surface area contributed by atoms with E-state index in [1.54, 1.807) is 7.11 Å². The van der Waals surface area contributed by atoms with Crippen LogP contribution in [-0.2, 0) is 0 Å². The molecule has 3 nitrogen and oxygen atoms in total. The van der Waals surface area contributed by atoms with E-state index in [4.69, 9.17) is 22.1 Å². The molecule has 2 aromatic rings.